The number of aromatic nitrogens is 4. The van der Waals surface area contributed by atoms with Crippen molar-refractivity contribution in [2.24, 2.45) is 5.92 Å². The third-order valence-corrected chi connectivity index (χ3v) is 6.14. The lowest BCUT2D eigenvalue weighted by molar-refractivity contribution is 0.179. The predicted octanol–water partition coefficient (Wildman–Crippen LogP) is 2.04. The Bertz CT molecular complexity index is 810. The number of rotatable bonds is 5. The van der Waals surface area contributed by atoms with Crippen LogP contribution in [0.3, 0.4) is 0 Å². The van der Waals surface area contributed by atoms with Crippen LogP contribution in [0.25, 0.3) is 0 Å². The molecule has 0 N–H and O–H groups in total. The van der Waals surface area contributed by atoms with Crippen molar-refractivity contribution >= 4 is 16.7 Å². The van der Waals surface area contributed by atoms with Crippen molar-refractivity contribution in [2.75, 3.05) is 25.1 Å². The summed E-state index contributed by atoms with van der Waals surface area (Å²) >= 11 is 1.44. The first-order valence-electron chi connectivity index (χ1n) is 9.39. The molecule has 140 valence electrons. The molecule has 0 amide bonds. The van der Waals surface area contributed by atoms with Gasteiger partial charge < -0.3 is 9.64 Å². The third kappa shape index (κ3) is 3.81. The van der Waals surface area contributed by atoms with E-state index in [0.717, 1.165) is 67.5 Å². The highest BCUT2D eigenvalue weighted by Crippen LogP contribution is 2.26. The van der Waals surface area contributed by atoms with Gasteiger partial charge >= 0.3 is 0 Å². The fraction of sp³-hybridized carbons (Fsp3) is 0.667. The Balaban J connectivity index is 1.37. The van der Waals surface area contributed by atoms with Crippen LogP contribution < -0.4 is 10.5 Å². The van der Waals surface area contributed by atoms with Crippen LogP contribution >= 0.6 is 11.5 Å². The maximum absolute atomic E-state index is 12.4. The summed E-state index contributed by atoms with van der Waals surface area (Å²) in [6.45, 7) is 3.09. The molecule has 2 aromatic rings. The molecule has 2 aliphatic rings. The van der Waals surface area contributed by atoms with Crippen LogP contribution in [0.15, 0.2) is 10.9 Å². The highest BCUT2D eigenvalue weighted by molar-refractivity contribution is 7.09. The zero-order valence-corrected chi connectivity index (χ0v) is 16.0. The minimum absolute atomic E-state index is 0.0569. The molecule has 1 saturated heterocycles. The Hall–Kier alpha value is -1.80. The van der Waals surface area contributed by atoms with Crippen LogP contribution in [-0.4, -0.2) is 39.3 Å². The molecule has 0 aromatic carbocycles. The van der Waals surface area contributed by atoms with E-state index < -0.39 is 0 Å². The molecule has 0 bridgehead atoms. The molecule has 0 radical (unpaired) electrons. The predicted molar refractivity (Wildman–Crippen MR) is 101 cm³/mol. The number of piperidine rings is 1. The van der Waals surface area contributed by atoms with Crippen LogP contribution in [-0.2, 0) is 30.7 Å². The van der Waals surface area contributed by atoms with Crippen LogP contribution in [0, 0.1) is 5.92 Å². The normalized spacial score (nSPS) is 18.1. The van der Waals surface area contributed by atoms with Crippen molar-refractivity contribution in [3.8, 4) is 0 Å². The van der Waals surface area contributed by atoms with Gasteiger partial charge in [0.25, 0.3) is 5.56 Å². The summed E-state index contributed by atoms with van der Waals surface area (Å²) in [6, 6.07) is 1.81. The van der Waals surface area contributed by atoms with Crippen molar-refractivity contribution in [3.63, 3.8) is 0 Å². The third-order valence-electron chi connectivity index (χ3n) is 5.32. The van der Waals surface area contributed by atoms with Gasteiger partial charge in [-0.2, -0.15) is 9.47 Å². The molecule has 26 heavy (non-hydrogen) atoms. The van der Waals surface area contributed by atoms with Crippen LogP contribution in [0.1, 0.15) is 42.8 Å². The lowest BCUT2D eigenvalue weighted by Gasteiger charge is -2.31. The molecule has 0 unspecified atom stereocenters. The second-order valence-electron chi connectivity index (χ2n) is 7.20. The first-order valence-corrected chi connectivity index (χ1v) is 10.2. The molecular weight excluding hydrogens is 350 g/mol. The Labute approximate surface area is 157 Å². The average molecular weight is 375 g/mol. The first kappa shape index (κ1) is 17.6. The summed E-state index contributed by atoms with van der Waals surface area (Å²) < 4.78 is 11.1. The summed E-state index contributed by atoms with van der Waals surface area (Å²) in [7, 11) is 1.66. The van der Waals surface area contributed by atoms with Gasteiger partial charge in [0.15, 0.2) is 5.82 Å². The van der Waals surface area contributed by atoms with E-state index in [1.807, 2.05) is 6.07 Å². The summed E-state index contributed by atoms with van der Waals surface area (Å²) in [5.41, 5.74) is 2.35. The van der Waals surface area contributed by atoms with Gasteiger partial charge in [-0.1, -0.05) is 0 Å². The number of ether oxygens (including phenoxy) is 1. The number of fused-ring (bicyclic) bond motifs is 1. The topological polar surface area (TPSA) is 73.1 Å². The second kappa shape index (κ2) is 7.84. The fourth-order valence-corrected chi connectivity index (χ4v) is 4.57. The molecule has 0 saturated carbocycles. The molecule has 1 aliphatic heterocycles. The van der Waals surface area contributed by atoms with Crippen molar-refractivity contribution in [3.05, 3.63) is 33.5 Å². The Morgan fingerprint density at radius 3 is 2.88 bits per heavy atom. The van der Waals surface area contributed by atoms with E-state index in [0.29, 0.717) is 12.5 Å². The number of aryl methyl sites for hydroxylation is 2. The maximum Gasteiger partial charge on any atom is 0.267 e. The Morgan fingerprint density at radius 1 is 1.27 bits per heavy atom. The number of anilines is 1. The van der Waals surface area contributed by atoms with Gasteiger partial charge in [-0.05, 0) is 50.0 Å². The summed E-state index contributed by atoms with van der Waals surface area (Å²) in [4.78, 5) is 19.2. The van der Waals surface area contributed by atoms with Crippen LogP contribution in [0.5, 0.6) is 0 Å². The average Bonchev–Trinajstić information content (AvgIpc) is 3.12. The molecule has 4 rings (SSSR count). The largest absolute Gasteiger partial charge is 0.377 e. The molecule has 7 nitrogen and oxygen atoms in total. The molecule has 2 aromatic heterocycles. The minimum atomic E-state index is 0.0569. The van der Waals surface area contributed by atoms with Gasteiger partial charge in [-0.25, -0.2) is 9.67 Å². The van der Waals surface area contributed by atoms with E-state index in [9.17, 15) is 4.79 Å². The zero-order chi connectivity index (χ0) is 17.9. The van der Waals surface area contributed by atoms with Crippen LogP contribution in [0.4, 0.5) is 5.13 Å². The fourth-order valence-electron chi connectivity index (χ4n) is 3.84. The van der Waals surface area contributed by atoms with Crippen molar-refractivity contribution < 1.29 is 4.74 Å². The second-order valence-corrected chi connectivity index (χ2v) is 7.93. The van der Waals surface area contributed by atoms with Gasteiger partial charge in [-0.15, -0.1) is 0 Å². The van der Waals surface area contributed by atoms with Gasteiger partial charge in [0, 0.05) is 44.3 Å². The first-order chi connectivity index (χ1) is 12.7. The lowest BCUT2D eigenvalue weighted by Crippen LogP contribution is -2.37. The lowest BCUT2D eigenvalue weighted by atomic mass is 9.96. The summed E-state index contributed by atoms with van der Waals surface area (Å²) in [5.74, 6) is 1.24. The molecular formula is C18H25N5O2S. The molecule has 0 atom stereocenters. The summed E-state index contributed by atoms with van der Waals surface area (Å²) in [5, 5.41) is 5.64. The maximum atomic E-state index is 12.4. The van der Waals surface area contributed by atoms with E-state index in [1.54, 1.807) is 11.8 Å². The van der Waals surface area contributed by atoms with Crippen molar-refractivity contribution in [2.45, 2.75) is 51.7 Å². The van der Waals surface area contributed by atoms with E-state index >= 15 is 0 Å². The van der Waals surface area contributed by atoms with E-state index in [1.165, 1.54) is 24.4 Å². The number of nitrogens with zero attached hydrogens (tertiary/aromatic N) is 5. The van der Waals surface area contributed by atoms with Gasteiger partial charge in [0.2, 0.25) is 5.13 Å². The Morgan fingerprint density at radius 2 is 2.08 bits per heavy atom. The number of hydrogen-bond donors (Lipinski definition) is 0. The van der Waals surface area contributed by atoms with Gasteiger partial charge in [0.05, 0.1) is 5.69 Å². The molecule has 1 fully saturated rings. The van der Waals surface area contributed by atoms with Crippen molar-refractivity contribution in [1.82, 2.24) is 19.1 Å². The highest BCUT2D eigenvalue weighted by atomic mass is 32.1. The SMILES string of the molecule is COCc1nsc(N2CCC(Cn3nc4c(cc3=O)CCCC4)CC2)n1. The van der Waals surface area contributed by atoms with Crippen molar-refractivity contribution in [1.29, 1.82) is 0 Å². The van der Waals surface area contributed by atoms with Gasteiger partial charge in [0.1, 0.15) is 6.61 Å². The monoisotopic (exact) mass is 375 g/mol. The smallest absolute Gasteiger partial charge is 0.267 e. The van der Waals surface area contributed by atoms with Crippen LogP contribution in [0.2, 0.25) is 0 Å². The van der Waals surface area contributed by atoms with E-state index in [2.05, 4.69) is 19.4 Å². The molecule has 8 heteroatoms. The standard InChI is InChI=1S/C18H25N5O2S/c1-25-12-16-19-18(26-21-16)22-8-6-13(7-9-22)11-23-17(24)10-14-4-2-3-5-15(14)20-23/h10,13H,2-9,11-12H2,1H3. The van der Waals surface area contributed by atoms with Gasteiger partial charge in [-0.3, -0.25) is 4.79 Å². The molecule has 1 aliphatic carbocycles. The van der Waals surface area contributed by atoms with E-state index in [-0.39, 0.29) is 5.56 Å². The minimum Gasteiger partial charge on any atom is -0.377 e. The molecule has 0 spiro atoms. The molecule has 3 heterocycles. The number of methoxy groups -OCH3 is 1. The number of hydrogen-bond acceptors (Lipinski definition) is 7. The Kier molecular flexibility index (Phi) is 5.31. The summed E-state index contributed by atoms with van der Waals surface area (Å²) in [6.07, 6.45) is 6.46. The zero-order valence-electron chi connectivity index (χ0n) is 15.2. The quantitative estimate of drug-likeness (QED) is 0.796. The highest BCUT2D eigenvalue weighted by Gasteiger charge is 2.23. The van der Waals surface area contributed by atoms with E-state index in [4.69, 9.17) is 4.74 Å².